The van der Waals surface area contributed by atoms with E-state index in [0.717, 1.165) is 10.3 Å². The molecule has 0 aliphatic heterocycles. The fourth-order valence-corrected chi connectivity index (χ4v) is 1.72. The summed E-state index contributed by atoms with van der Waals surface area (Å²) in [4.78, 5) is 4.15. The van der Waals surface area contributed by atoms with Gasteiger partial charge in [0.05, 0.1) is 18.3 Å². The van der Waals surface area contributed by atoms with Gasteiger partial charge in [0.25, 0.3) is 0 Å². The van der Waals surface area contributed by atoms with Crippen LogP contribution in [-0.4, -0.2) is 16.5 Å². The Morgan fingerprint density at radius 2 is 2.38 bits per heavy atom. The molecule has 0 amide bonds. The molecular formula is C8H6BrClN2O. The lowest BCUT2D eigenvalue weighted by Gasteiger charge is -2.03. The summed E-state index contributed by atoms with van der Waals surface area (Å²) in [5.41, 5.74) is 0.799. The van der Waals surface area contributed by atoms with Crippen molar-refractivity contribution >= 4 is 33.2 Å². The van der Waals surface area contributed by atoms with E-state index in [1.165, 1.54) is 0 Å². The molecule has 2 aromatic rings. The van der Waals surface area contributed by atoms with E-state index >= 15 is 0 Å². The van der Waals surface area contributed by atoms with Crippen LogP contribution in [0.1, 0.15) is 0 Å². The molecular weight excluding hydrogens is 255 g/mol. The van der Waals surface area contributed by atoms with Crippen molar-refractivity contribution in [2.45, 2.75) is 0 Å². The highest BCUT2D eigenvalue weighted by Gasteiger charge is 2.05. The van der Waals surface area contributed by atoms with Gasteiger partial charge in [0, 0.05) is 12.3 Å². The first kappa shape index (κ1) is 8.84. The smallest absolute Gasteiger partial charge is 0.142 e. The van der Waals surface area contributed by atoms with Gasteiger partial charge in [-0.05, 0) is 15.9 Å². The topological polar surface area (TPSA) is 26.5 Å². The van der Waals surface area contributed by atoms with E-state index in [1.54, 1.807) is 25.6 Å². The second kappa shape index (κ2) is 3.20. The summed E-state index contributed by atoms with van der Waals surface area (Å²) in [6.45, 7) is 0. The lowest BCUT2D eigenvalue weighted by molar-refractivity contribution is 0.415. The molecule has 3 nitrogen and oxygen atoms in total. The number of nitrogens with zero attached hydrogens (tertiary/aromatic N) is 2. The Kier molecular flexibility index (Phi) is 2.17. The second-order valence-corrected chi connectivity index (χ2v) is 3.72. The second-order valence-electron chi connectivity index (χ2n) is 2.50. The van der Waals surface area contributed by atoms with Gasteiger partial charge in [0.15, 0.2) is 0 Å². The summed E-state index contributed by atoms with van der Waals surface area (Å²) in [7, 11) is 1.58. The minimum atomic E-state index is 0.564. The molecule has 5 heteroatoms. The highest BCUT2D eigenvalue weighted by molar-refractivity contribution is 9.10. The summed E-state index contributed by atoms with van der Waals surface area (Å²) in [5.74, 6) is 0.632. The van der Waals surface area contributed by atoms with Gasteiger partial charge < -0.3 is 4.74 Å². The Hall–Kier alpha value is -0.740. The van der Waals surface area contributed by atoms with Crippen LogP contribution < -0.4 is 4.74 Å². The van der Waals surface area contributed by atoms with Crippen LogP contribution >= 0.6 is 27.5 Å². The van der Waals surface area contributed by atoms with E-state index in [-0.39, 0.29) is 0 Å². The summed E-state index contributed by atoms with van der Waals surface area (Å²) >= 11 is 9.29. The maximum absolute atomic E-state index is 5.94. The lowest BCUT2D eigenvalue weighted by atomic mass is 10.4. The Labute approximate surface area is 88.4 Å². The van der Waals surface area contributed by atoms with Crippen LogP contribution in [0.3, 0.4) is 0 Å². The number of hydrogen-bond donors (Lipinski definition) is 0. The van der Waals surface area contributed by atoms with Crippen LogP contribution in [0.5, 0.6) is 5.75 Å². The Bertz CT molecular complexity index is 455. The van der Waals surface area contributed by atoms with E-state index in [4.69, 9.17) is 16.3 Å². The third-order valence-electron chi connectivity index (χ3n) is 1.74. The molecule has 13 heavy (non-hydrogen) atoms. The number of aromatic nitrogens is 2. The zero-order valence-corrected chi connectivity index (χ0v) is 9.13. The van der Waals surface area contributed by atoms with Gasteiger partial charge in [-0.1, -0.05) is 11.6 Å². The maximum Gasteiger partial charge on any atom is 0.142 e. The minimum Gasteiger partial charge on any atom is -0.495 e. The molecule has 0 bridgehead atoms. The average Bonchev–Trinajstić information content (AvgIpc) is 2.47. The maximum atomic E-state index is 5.94. The number of pyridine rings is 1. The van der Waals surface area contributed by atoms with Gasteiger partial charge in [-0.15, -0.1) is 0 Å². The van der Waals surface area contributed by atoms with Crippen molar-refractivity contribution < 1.29 is 4.74 Å². The number of fused-ring (bicyclic) bond motifs is 1. The number of methoxy groups -OCH3 is 1. The number of rotatable bonds is 1. The molecule has 2 heterocycles. The van der Waals surface area contributed by atoms with Crippen molar-refractivity contribution in [1.29, 1.82) is 0 Å². The predicted molar refractivity (Wildman–Crippen MR) is 54.5 cm³/mol. The third kappa shape index (κ3) is 1.40. The van der Waals surface area contributed by atoms with Crippen LogP contribution in [0.15, 0.2) is 23.1 Å². The molecule has 0 aliphatic rings. The van der Waals surface area contributed by atoms with Crippen molar-refractivity contribution in [2.75, 3.05) is 7.11 Å². The molecule has 0 saturated heterocycles. The first-order valence-corrected chi connectivity index (χ1v) is 4.75. The van der Waals surface area contributed by atoms with Crippen LogP contribution in [0.4, 0.5) is 0 Å². The van der Waals surface area contributed by atoms with E-state index in [1.807, 2.05) is 4.40 Å². The van der Waals surface area contributed by atoms with Gasteiger partial charge in [-0.2, -0.15) is 0 Å². The van der Waals surface area contributed by atoms with E-state index in [0.29, 0.717) is 10.8 Å². The molecule has 2 rings (SSSR count). The fourth-order valence-electron chi connectivity index (χ4n) is 1.11. The zero-order valence-electron chi connectivity index (χ0n) is 6.79. The molecule has 0 saturated carbocycles. The number of imidazole rings is 1. The highest BCUT2D eigenvalue weighted by atomic mass is 79.9. The van der Waals surface area contributed by atoms with Gasteiger partial charge >= 0.3 is 0 Å². The normalized spacial score (nSPS) is 10.7. The molecule has 2 aromatic heterocycles. The van der Waals surface area contributed by atoms with Crippen molar-refractivity contribution in [3.05, 3.63) is 28.1 Å². The average molecular weight is 262 g/mol. The number of ether oxygens (including phenoxy) is 1. The van der Waals surface area contributed by atoms with Crippen molar-refractivity contribution in [2.24, 2.45) is 0 Å². The summed E-state index contributed by atoms with van der Waals surface area (Å²) in [5, 5.41) is 0.564. The highest BCUT2D eigenvalue weighted by Crippen LogP contribution is 2.26. The van der Waals surface area contributed by atoms with Crippen molar-refractivity contribution in [3.8, 4) is 5.75 Å². The van der Waals surface area contributed by atoms with Gasteiger partial charge in [-0.25, -0.2) is 4.98 Å². The predicted octanol–water partition coefficient (Wildman–Crippen LogP) is 2.76. The summed E-state index contributed by atoms with van der Waals surface area (Å²) in [6, 6.07) is 1.78. The summed E-state index contributed by atoms with van der Waals surface area (Å²) < 4.78 is 7.77. The minimum absolute atomic E-state index is 0.564. The quantitative estimate of drug-likeness (QED) is 0.789. The zero-order chi connectivity index (χ0) is 9.42. The first-order valence-electron chi connectivity index (χ1n) is 3.58. The van der Waals surface area contributed by atoms with Gasteiger partial charge in [-0.3, -0.25) is 4.40 Å². The third-order valence-corrected chi connectivity index (χ3v) is 2.61. The molecule has 0 N–H and O–H groups in total. The molecule has 0 unspecified atom stereocenters. The van der Waals surface area contributed by atoms with Crippen LogP contribution in [0.2, 0.25) is 5.02 Å². The molecule has 68 valence electrons. The van der Waals surface area contributed by atoms with E-state index < -0.39 is 0 Å². The molecule has 0 aromatic carbocycles. The van der Waals surface area contributed by atoms with Crippen LogP contribution in [-0.2, 0) is 0 Å². The Morgan fingerprint density at radius 3 is 3.08 bits per heavy atom. The monoisotopic (exact) mass is 260 g/mol. The van der Waals surface area contributed by atoms with Crippen molar-refractivity contribution in [3.63, 3.8) is 0 Å². The van der Waals surface area contributed by atoms with E-state index in [9.17, 15) is 0 Å². The van der Waals surface area contributed by atoms with Crippen molar-refractivity contribution in [1.82, 2.24) is 9.38 Å². The largest absolute Gasteiger partial charge is 0.495 e. The molecule has 0 radical (unpaired) electrons. The fraction of sp³-hybridized carbons (Fsp3) is 0.125. The van der Waals surface area contributed by atoms with Crippen LogP contribution in [0, 0.1) is 0 Å². The summed E-state index contributed by atoms with van der Waals surface area (Å²) in [6.07, 6.45) is 3.47. The van der Waals surface area contributed by atoms with Gasteiger partial charge in [0.2, 0.25) is 0 Å². The first-order chi connectivity index (χ1) is 6.22. The molecule has 0 atom stereocenters. The lowest BCUT2D eigenvalue weighted by Crippen LogP contribution is -1.89. The SMILES string of the molecule is COc1cc2ncc(Br)n2cc1Cl. The standard InChI is InChI=1S/C8H6BrClN2O/c1-13-6-2-8-11-3-7(9)12(8)4-5(6)10/h2-4H,1H3. The number of hydrogen-bond acceptors (Lipinski definition) is 2. The molecule has 0 spiro atoms. The van der Waals surface area contributed by atoms with Crippen LogP contribution in [0.25, 0.3) is 5.65 Å². The Balaban J connectivity index is 2.76. The molecule has 0 fully saturated rings. The number of halogens is 2. The van der Waals surface area contributed by atoms with Gasteiger partial charge in [0.1, 0.15) is 16.0 Å². The molecule has 0 aliphatic carbocycles. The Morgan fingerprint density at radius 1 is 1.62 bits per heavy atom. The van der Waals surface area contributed by atoms with E-state index in [2.05, 4.69) is 20.9 Å².